The maximum Gasteiger partial charge on any atom is 0.0314 e. The van der Waals surface area contributed by atoms with E-state index in [9.17, 15) is 0 Å². The molecule has 0 unspecified atom stereocenters. The fourth-order valence-electron chi connectivity index (χ4n) is 1.36. The van der Waals surface area contributed by atoms with Crippen molar-refractivity contribution in [2.75, 3.05) is 0 Å². The molecule has 0 aliphatic carbocycles. The van der Waals surface area contributed by atoms with Gasteiger partial charge in [0, 0.05) is 5.70 Å². The number of benzene rings is 1. The Labute approximate surface area is 80.3 Å². The number of hydrogen-bond donors (Lipinski definition) is 1. The van der Waals surface area contributed by atoms with Gasteiger partial charge in [0.2, 0.25) is 0 Å². The molecule has 1 rings (SSSR count). The van der Waals surface area contributed by atoms with E-state index in [1.165, 1.54) is 11.1 Å². The Morgan fingerprint density at radius 1 is 1.15 bits per heavy atom. The summed E-state index contributed by atoms with van der Waals surface area (Å²) in [5, 5.41) is 0. The zero-order valence-electron chi connectivity index (χ0n) is 8.43. The summed E-state index contributed by atoms with van der Waals surface area (Å²) < 4.78 is 0. The maximum absolute atomic E-state index is 5.67. The van der Waals surface area contributed by atoms with E-state index in [1.54, 1.807) is 0 Å². The van der Waals surface area contributed by atoms with Gasteiger partial charge in [0.05, 0.1) is 0 Å². The van der Waals surface area contributed by atoms with Crippen LogP contribution in [0.3, 0.4) is 0 Å². The van der Waals surface area contributed by atoms with E-state index in [4.69, 9.17) is 5.73 Å². The molecule has 0 aliphatic rings. The Hall–Kier alpha value is -1.24. The third-order valence-corrected chi connectivity index (χ3v) is 2.24. The molecule has 70 valence electrons. The Kier molecular flexibility index (Phi) is 3.13. The molecule has 0 heterocycles. The Balaban J connectivity index is 3.14. The van der Waals surface area contributed by atoms with Gasteiger partial charge >= 0.3 is 0 Å². The van der Waals surface area contributed by atoms with E-state index in [1.807, 2.05) is 0 Å². The highest BCUT2D eigenvalue weighted by atomic mass is 14.6. The Morgan fingerprint density at radius 2 is 1.62 bits per heavy atom. The van der Waals surface area contributed by atoms with Crippen molar-refractivity contribution in [1.82, 2.24) is 0 Å². The first-order chi connectivity index (χ1) is 6.17. The zero-order valence-corrected chi connectivity index (χ0v) is 8.43. The zero-order chi connectivity index (χ0) is 9.84. The van der Waals surface area contributed by atoms with E-state index in [2.05, 4.69) is 38.6 Å². The van der Waals surface area contributed by atoms with Gasteiger partial charge < -0.3 is 5.73 Å². The normalized spacial score (nSPS) is 10.0. The second-order valence-electron chi connectivity index (χ2n) is 3.27. The lowest BCUT2D eigenvalue weighted by Gasteiger charge is -2.06. The summed E-state index contributed by atoms with van der Waals surface area (Å²) in [4.78, 5) is 0. The molecule has 1 aromatic carbocycles. The van der Waals surface area contributed by atoms with Gasteiger partial charge in [-0.05, 0) is 41.7 Å². The van der Waals surface area contributed by atoms with Crippen LogP contribution in [0.1, 0.15) is 30.5 Å². The van der Waals surface area contributed by atoms with Crippen molar-refractivity contribution in [2.24, 2.45) is 5.73 Å². The fourth-order valence-corrected chi connectivity index (χ4v) is 1.36. The molecule has 0 atom stereocenters. The summed E-state index contributed by atoms with van der Waals surface area (Å²) in [6.45, 7) is 8.06. The van der Waals surface area contributed by atoms with Crippen molar-refractivity contribution >= 4 is 5.70 Å². The second-order valence-corrected chi connectivity index (χ2v) is 3.27. The highest BCUT2D eigenvalue weighted by Crippen LogP contribution is 2.15. The summed E-state index contributed by atoms with van der Waals surface area (Å²) in [6.07, 6.45) is 2.10. The first-order valence-electron chi connectivity index (χ1n) is 4.75. The molecular formula is C12H17N. The van der Waals surface area contributed by atoms with Crippen LogP contribution in [0.2, 0.25) is 0 Å². The number of rotatable bonds is 3. The van der Waals surface area contributed by atoms with E-state index < -0.39 is 0 Å². The van der Waals surface area contributed by atoms with Crippen LogP contribution in [-0.2, 0) is 12.8 Å². The maximum atomic E-state index is 5.67. The van der Waals surface area contributed by atoms with Crippen LogP contribution in [-0.4, -0.2) is 0 Å². The minimum absolute atomic E-state index is 0.657. The van der Waals surface area contributed by atoms with Crippen LogP contribution in [0.15, 0.2) is 24.8 Å². The van der Waals surface area contributed by atoms with E-state index in [0.717, 1.165) is 18.4 Å². The lowest BCUT2D eigenvalue weighted by atomic mass is 10.0. The van der Waals surface area contributed by atoms with E-state index >= 15 is 0 Å². The van der Waals surface area contributed by atoms with Crippen molar-refractivity contribution in [3.05, 3.63) is 41.5 Å². The number of hydrogen-bond acceptors (Lipinski definition) is 1. The molecule has 1 nitrogen and oxygen atoms in total. The predicted molar refractivity (Wildman–Crippen MR) is 58.4 cm³/mol. The summed E-state index contributed by atoms with van der Waals surface area (Å²) >= 11 is 0. The van der Waals surface area contributed by atoms with Crippen LogP contribution in [0.4, 0.5) is 0 Å². The third kappa shape index (κ3) is 2.35. The average Bonchev–Trinajstić information content (AvgIpc) is 2.16. The third-order valence-electron chi connectivity index (χ3n) is 2.24. The summed E-state index contributed by atoms with van der Waals surface area (Å²) in [5.41, 5.74) is 10.1. The molecule has 0 radical (unpaired) electrons. The summed E-state index contributed by atoms with van der Waals surface area (Å²) in [7, 11) is 0. The summed E-state index contributed by atoms with van der Waals surface area (Å²) in [6, 6.07) is 6.45. The van der Waals surface area contributed by atoms with Crippen LogP contribution in [0, 0.1) is 0 Å². The number of nitrogens with two attached hydrogens (primary N) is 1. The smallest absolute Gasteiger partial charge is 0.0314 e. The van der Waals surface area contributed by atoms with Gasteiger partial charge in [-0.25, -0.2) is 0 Å². The summed E-state index contributed by atoms with van der Waals surface area (Å²) in [5.74, 6) is 0. The molecule has 0 saturated heterocycles. The monoisotopic (exact) mass is 175 g/mol. The quantitative estimate of drug-likeness (QED) is 0.751. The molecule has 0 saturated carbocycles. The molecule has 0 amide bonds. The van der Waals surface area contributed by atoms with E-state index in [0.29, 0.717) is 5.70 Å². The average molecular weight is 175 g/mol. The van der Waals surface area contributed by atoms with Crippen molar-refractivity contribution in [1.29, 1.82) is 0 Å². The molecule has 0 aliphatic heterocycles. The molecule has 0 bridgehead atoms. The fraction of sp³-hybridized carbons (Fsp3) is 0.333. The van der Waals surface area contributed by atoms with Gasteiger partial charge in [0.15, 0.2) is 0 Å². The van der Waals surface area contributed by atoms with Gasteiger partial charge in [0.1, 0.15) is 0 Å². The number of aryl methyl sites for hydroxylation is 2. The first-order valence-corrected chi connectivity index (χ1v) is 4.75. The molecule has 0 aromatic heterocycles. The molecule has 0 spiro atoms. The van der Waals surface area contributed by atoms with Crippen molar-refractivity contribution in [3.63, 3.8) is 0 Å². The van der Waals surface area contributed by atoms with Crippen LogP contribution in [0.5, 0.6) is 0 Å². The first kappa shape index (κ1) is 9.85. The largest absolute Gasteiger partial charge is 0.399 e. The van der Waals surface area contributed by atoms with Gasteiger partial charge in [0.25, 0.3) is 0 Å². The molecule has 1 aromatic rings. The van der Waals surface area contributed by atoms with Crippen LogP contribution >= 0.6 is 0 Å². The molecule has 1 heteroatoms. The molecule has 2 N–H and O–H groups in total. The second kappa shape index (κ2) is 4.13. The van der Waals surface area contributed by atoms with Gasteiger partial charge in [-0.2, -0.15) is 0 Å². The highest BCUT2D eigenvalue weighted by molar-refractivity contribution is 5.61. The lowest BCUT2D eigenvalue weighted by molar-refractivity contribution is 1.08. The topological polar surface area (TPSA) is 26.0 Å². The molecule has 0 fully saturated rings. The predicted octanol–water partition coefficient (Wildman–Crippen LogP) is 2.74. The Bertz CT molecular complexity index is 291. The van der Waals surface area contributed by atoms with Gasteiger partial charge in [-0.3, -0.25) is 0 Å². The Morgan fingerprint density at radius 3 is 1.92 bits per heavy atom. The standard InChI is InChI=1S/C12H17N/c1-4-10-6-11(5-2)8-12(7-10)9(3)13/h6-8H,3-5,13H2,1-2H3. The molecular weight excluding hydrogens is 158 g/mol. The highest BCUT2D eigenvalue weighted by Gasteiger charge is 1.99. The lowest BCUT2D eigenvalue weighted by Crippen LogP contribution is -1.97. The van der Waals surface area contributed by atoms with Crippen LogP contribution < -0.4 is 5.73 Å². The van der Waals surface area contributed by atoms with Crippen LogP contribution in [0.25, 0.3) is 5.70 Å². The van der Waals surface area contributed by atoms with Crippen molar-refractivity contribution < 1.29 is 0 Å². The SMILES string of the molecule is C=C(N)c1cc(CC)cc(CC)c1. The van der Waals surface area contributed by atoms with Crippen molar-refractivity contribution in [3.8, 4) is 0 Å². The van der Waals surface area contributed by atoms with E-state index in [-0.39, 0.29) is 0 Å². The molecule has 13 heavy (non-hydrogen) atoms. The van der Waals surface area contributed by atoms with Crippen molar-refractivity contribution in [2.45, 2.75) is 26.7 Å². The minimum Gasteiger partial charge on any atom is -0.399 e. The van der Waals surface area contributed by atoms with Gasteiger partial charge in [-0.15, -0.1) is 0 Å². The van der Waals surface area contributed by atoms with Gasteiger partial charge in [-0.1, -0.05) is 26.5 Å². The minimum atomic E-state index is 0.657.